The molecule has 0 bridgehead atoms. The maximum absolute atomic E-state index is 14.8. The van der Waals surface area contributed by atoms with Crippen molar-refractivity contribution in [1.29, 1.82) is 5.26 Å². The van der Waals surface area contributed by atoms with E-state index in [-0.39, 0.29) is 34.4 Å². The molecule has 2 heterocycles. The SMILES string of the molecule is CS(=O)(=O)c1ccc(N2CC(C#N)C2)c(C(=O)N2CCCC2C(=O)N[C@@H](c2ccc(C(F)(F)F)cc2F)C2CC2)c1. The quantitative estimate of drug-likeness (QED) is 0.486. The minimum atomic E-state index is -4.71. The summed E-state index contributed by atoms with van der Waals surface area (Å²) < 4.78 is 78.5. The van der Waals surface area contributed by atoms with Gasteiger partial charge in [-0.1, -0.05) is 6.07 Å². The fraction of sp³-hybridized carbons (Fsp3) is 0.464. The van der Waals surface area contributed by atoms with E-state index in [9.17, 15) is 35.6 Å². The number of nitrogens with zero attached hydrogens (tertiary/aromatic N) is 3. The van der Waals surface area contributed by atoms with Gasteiger partial charge in [0.05, 0.1) is 34.1 Å². The maximum Gasteiger partial charge on any atom is 0.416 e. The van der Waals surface area contributed by atoms with Crippen molar-refractivity contribution in [1.82, 2.24) is 10.2 Å². The molecule has 218 valence electrons. The summed E-state index contributed by atoms with van der Waals surface area (Å²) in [6, 6.07) is 6.83. The second-order valence-corrected chi connectivity index (χ2v) is 12.9. The Labute approximate surface area is 234 Å². The van der Waals surface area contributed by atoms with E-state index in [0.717, 1.165) is 18.4 Å². The summed E-state index contributed by atoms with van der Waals surface area (Å²) in [7, 11) is -3.65. The lowest BCUT2D eigenvalue weighted by Gasteiger charge is -2.39. The fourth-order valence-corrected chi connectivity index (χ4v) is 6.12. The van der Waals surface area contributed by atoms with Gasteiger partial charge in [-0.05, 0) is 61.9 Å². The topological polar surface area (TPSA) is 111 Å². The van der Waals surface area contributed by atoms with Crippen LogP contribution in [-0.2, 0) is 20.8 Å². The lowest BCUT2D eigenvalue weighted by Crippen LogP contribution is -2.49. The van der Waals surface area contributed by atoms with Gasteiger partial charge in [0.1, 0.15) is 11.9 Å². The first-order valence-corrected chi connectivity index (χ1v) is 15.1. The number of halogens is 4. The summed E-state index contributed by atoms with van der Waals surface area (Å²) in [5.74, 6) is -2.53. The summed E-state index contributed by atoms with van der Waals surface area (Å²) >= 11 is 0. The fourth-order valence-electron chi connectivity index (χ4n) is 5.47. The van der Waals surface area contributed by atoms with Gasteiger partial charge in [-0.15, -0.1) is 0 Å². The third-order valence-electron chi connectivity index (χ3n) is 7.90. The van der Waals surface area contributed by atoms with Crippen molar-refractivity contribution < 1.29 is 35.6 Å². The normalized spacial score (nSPS) is 20.3. The van der Waals surface area contributed by atoms with Crippen LogP contribution in [0.15, 0.2) is 41.3 Å². The lowest BCUT2D eigenvalue weighted by atomic mass is 9.98. The van der Waals surface area contributed by atoms with E-state index < -0.39 is 51.3 Å². The molecule has 3 aliphatic rings. The van der Waals surface area contributed by atoms with Crippen molar-refractivity contribution >= 4 is 27.3 Å². The molecule has 2 amide bonds. The second kappa shape index (κ2) is 10.6. The number of nitriles is 1. The van der Waals surface area contributed by atoms with E-state index in [1.807, 2.05) is 0 Å². The van der Waals surface area contributed by atoms with Gasteiger partial charge in [0.2, 0.25) is 5.91 Å². The van der Waals surface area contributed by atoms with Crippen molar-refractivity contribution in [2.24, 2.45) is 11.8 Å². The van der Waals surface area contributed by atoms with Crippen LogP contribution >= 0.6 is 0 Å². The molecule has 2 aromatic rings. The maximum atomic E-state index is 14.8. The van der Waals surface area contributed by atoms with Crippen LogP contribution in [0, 0.1) is 29.0 Å². The molecule has 13 heteroatoms. The van der Waals surface area contributed by atoms with Gasteiger partial charge in [0.15, 0.2) is 9.84 Å². The predicted octanol–water partition coefficient (Wildman–Crippen LogP) is 4.08. The number of hydrogen-bond acceptors (Lipinski definition) is 6. The van der Waals surface area contributed by atoms with Crippen molar-refractivity contribution in [3.63, 3.8) is 0 Å². The Balaban J connectivity index is 1.40. The number of rotatable bonds is 7. The van der Waals surface area contributed by atoms with Crippen LogP contribution in [0.1, 0.15) is 53.2 Å². The summed E-state index contributed by atoms with van der Waals surface area (Å²) in [6.45, 7) is 0.977. The molecule has 2 aliphatic heterocycles. The third-order valence-corrected chi connectivity index (χ3v) is 9.01. The molecule has 8 nitrogen and oxygen atoms in total. The standard InChI is InChI=1S/C28H28F4N4O4S/c1-41(39,40)19-7-9-23(35-14-16(13-33)15-35)21(12-19)27(38)36-10-2-3-24(36)26(37)34-25(17-4-5-17)20-8-6-18(11-22(20)29)28(30,31)32/h6-9,11-12,16-17,24-25H,2-5,10,14-15H2,1H3,(H,34,37)/t24?,25-/m1/s1. The summed E-state index contributed by atoms with van der Waals surface area (Å²) in [5.41, 5.74) is -0.612. The Morgan fingerprint density at radius 3 is 2.39 bits per heavy atom. The van der Waals surface area contributed by atoms with Crippen LogP contribution in [0.2, 0.25) is 0 Å². The Hall–Kier alpha value is -3.66. The molecule has 3 fully saturated rings. The third kappa shape index (κ3) is 5.88. The van der Waals surface area contributed by atoms with Gasteiger partial charge >= 0.3 is 6.18 Å². The van der Waals surface area contributed by atoms with Crippen LogP contribution in [0.5, 0.6) is 0 Å². The highest BCUT2D eigenvalue weighted by molar-refractivity contribution is 7.90. The zero-order chi connectivity index (χ0) is 29.7. The Kier molecular flexibility index (Phi) is 7.48. The first kappa shape index (κ1) is 28.9. The molecule has 2 saturated heterocycles. The molecule has 0 aromatic heterocycles. The first-order chi connectivity index (χ1) is 19.3. The van der Waals surface area contributed by atoms with Crippen LogP contribution in [-0.4, -0.2) is 57.1 Å². The zero-order valence-corrected chi connectivity index (χ0v) is 22.9. The van der Waals surface area contributed by atoms with Crippen molar-refractivity contribution in [2.75, 3.05) is 30.8 Å². The van der Waals surface area contributed by atoms with E-state index in [4.69, 9.17) is 5.26 Å². The number of benzene rings is 2. The summed E-state index contributed by atoms with van der Waals surface area (Å²) in [4.78, 5) is 30.4. The molecular weight excluding hydrogens is 564 g/mol. The molecule has 2 aromatic carbocycles. The predicted molar refractivity (Wildman–Crippen MR) is 140 cm³/mol. The average Bonchev–Trinajstić information content (AvgIpc) is 3.60. The monoisotopic (exact) mass is 592 g/mol. The number of amides is 2. The van der Waals surface area contributed by atoms with Crippen molar-refractivity contribution in [3.05, 3.63) is 58.9 Å². The number of sulfone groups is 1. The van der Waals surface area contributed by atoms with Crippen LogP contribution in [0.25, 0.3) is 0 Å². The smallest absolute Gasteiger partial charge is 0.368 e. The minimum Gasteiger partial charge on any atom is -0.368 e. The van der Waals surface area contributed by atoms with Gasteiger partial charge in [-0.3, -0.25) is 9.59 Å². The molecule has 1 unspecified atom stereocenters. The van der Waals surface area contributed by atoms with Gasteiger partial charge in [0, 0.05) is 37.1 Å². The number of anilines is 1. The molecule has 0 radical (unpaired) electrons. The highest BCUT2D eigenvalue weighted by atomic mass is 32.2. The summed E-state index contributed by atoms with van der Waals surface area (Å²) in [5, 5.41) is 11.9. The molecule has 1 N–H and O–H groups in total. The summed E-state index contributed by atoms with van der Waals surface area (Å²) in [6.07, 6.45) is -1.54. The van der Waals surface area contributed by atoms with Crippen molar-refractivity contribution in [2.45, 2.75) is 48.8 Å². The van der Waals surface area contributed by atoms with Crippen molar-refractivity contribution in [3.8, 4) is 6.07 Å². The van der Waals surface area contributed by atoms with E-state index in [1.54, 1.807) is 4.90 Å². The molecule has 2 atom stereocenters. The van der Waals surface area contributed by atoms with Gasteiger partial charge in [-0.25, -0.2) is 12.8 Å². The van der Waals surface area contributed by atoms with Gasteiger partial charge < -0.3 is 15.1 Å². The number of carbonyl (C=O) groups is 2. The molecule has 1 saturated carbocycles. The zero-order valence-electron chi connectivity index (χ0n) is 22.1. The van der Waals surface area contributed by atoms with Crippen LogP contribution in [0.4, 0.5) is 23.2 Å². The molecule has 41 heavy (non-hydrogen) atoms. The Bertz CT molecular complexity index is 1530. The van der Waals surface area contributed by atoms with E-state index >= 15 is 0 Å². The molecule has 5 rings (SSSR count). The van der Waals surface area contributed by atoms with E-state index in [1.165, 1.54) is 23.1 Å². The number of hydrogen-bond donors (Lipinski definition) is 1. The van der Waals surface area contributed by atoms with E-state index in [0.29, 0.717) is 50.5 Å². The lowest BCUT2D eigenvalue weighted by molar-refractivity contribution is -0.137. The highest BCUT2D eigenvalue weighted by Gasteiger charge is 2.41. The van der Waals surface area contributed by atoms with Crippen LogP contribution < -0.4 is 10.2 Å². The molecular formula is C28H28F4N4O4S. The number of likely N-dealkylation sites (tertiary alicyclic amines) is 1. The largest absolute Gasteiger partial charge is 0.416 e. The minimum absolute atomic E-state index is 0.0438. The number of alkyl halides is 3. The number of carbonyl (C=O) groups excluding carboxylic acids is 2. The molecule has 0 spiro atoms. The van der Waals surface area contributed by atoms with Gasteiger partial charge in [0.25, 0.3) is 5.91 Å². The second-order valence-electron chi connectivity index (χ2n) is 10.9. The Morgan fingerprint density at radius 1 is 1.10 bits per heavy atom. The highest BCUT2D eigenvalue weighted by Crippen LogP contribution is 2.43. The average molecular weight is 593 g/mol. The van der Waals surface area contributed by atoms with Crippen LogP contribution in [0.3, 0.4) is 0 Å². The van der Waals surface area contributed by atoms with Gasteiger partial charge in [-0.2, -0.15) is 18.4 Å². The molecule has 1 aliphatic carbocycles. The number of nitrogens with one attached hydrogen (secondary N) is 1. The Morgan fingerprint density at radius 2 is 1.80 bits per heavy atom. The first-order valence-electron chi connectivity index (χ1n) is 13.2. The van der Waals surface area contributed by atoms with E-state index in [2.05, 4.69) is 11.4 Å².